The molecule has 0 radical (unpaired) electrons. The van der Waals surface area contributed by atoms with Gasteiger partial charge in [0, 0.05) is 58.6 Å². The van der Waals surface area contributed by atoms with Crippen LogP contribution in [-0.2, 0) is 0 Å². The number of rotatable bonds is 4. The highest BCUT2D eigenvalue weighted by Crippen LogP contribution is 2.41. The molecule has 1 aliphatic rings. The maximum absolute atomic E-state index is 5.52. The fraction of sp³-hybridized carbons (Fsp3) is 0.333. The van der Waals surface area contributed by atoms with E-state index in [-0.39, 0.29) is 0 Å². The third kappa shape index (κ3) is 3.17. The van der Waals surface area contributed by atoms with Crippen LogP contribution in [-0.4, -0.2) is 50.2 Å². The van der Waals surface area contributed by atoms with Crippen molar-refractivity contribution in [3.8, 4) is 5.75 Å². The van der Waals surface area contributed by atoms with Gasteiger partial charge in [0.25, 0.3) is 0 Å². The summed E-state index contributed by atoms with van der Waals surface area (Å²) < 4.78 is 5.52. The van der Waals surface area contributed by atoms with Crippen LogP contribution in [0, 0.1) is 6.92 Å². The number of anilines is 1. The summed E-state index contributed by atoms with van der Waals surface area (Å²) in [4.78, 5) is 10.9. The average molecular weight is 368 g/mol. The van der Waals surface area contributed by atoms with E-state index in [1.165, 1.54) is 26.4 Å². The minimum atomic E-state index is 0.936. The van der Waals surface area contributed by atoms with E-state index >= 15 is 0 Å². The van der Waals surface area contributed by atoms with E-state index in [1.54, 1.807) is 7.11 Å². The molecule has 0 aliphatic carbocycles. The lowest BCUT2D eigenvalue weighted by Crippen LogP contribution is -2.44. The molecule has 2 heterocycles. The van der Waals surface area contributed by atoms with E-state index in [0.717, 1.165) is 37.4 Å². The standard InChI is InChI=1S/C21H25N3OS/c1-15-18(25-3)9-8-16-21(15)20(14-22-16)26-19-7-5-4-6-17(19)24-12-10-23(2)11-13-24/h4-9,14,22H,10-13H2,1-3H3. The first kappa shape index (κ1) is 17.3. The molecule has 0 atom stereocenters. The number of aromatic nitrogens is 1. The number of methoxy groups -OCH3 is 1. The van der Waals surface area contributed by atoms with Crippen LogP contribution in [0.25, 0.3) is 10.9 Å². The first-order chi connectivity index (χ1) is 12.7. The van der Waals surface area contributed by atoms with E-state index in [9.17, 15) is 0 Å². The fourth-order valence-corrected chi connectivity index (χ4v) is 4.79. The van der Waals surface area contributed by atoms with Crippen LogP contribution in [0.5, 0.6) is 5.75 Å². The maximum Gasteiger partial charge on any atom is 0.122 e. The zero-order valence-electron chi connectivity index (χ0n) is 15.6. The van der Waals surface area contributed by atoms with Crippen molar-refractivity contribution in [3.63, 3.8) is 0 Å². The zero-order chi connectivity index (χ0) is 18.1. The first-order valence-electron chi connectivity index (χ1n) is 9.02. The van der Waals surface area contributed by atoms with Gasteiger partial charge in [-0.25, -0.2) is 0 Å². The molecule has 5 heteroatoms. The van der Waals surface area contributed by atoms with E-state index < -0.39 is 0 Å². The number of aromatic amines is 1. The number of nitrogens with zero attached hydrogens (tertiary/aromatic N) is 2. The van der Waals surface area contributed by atoms with Crippen molar-refractivity contribution < 1.29 is 4.74 Å². The predicted molar refractivity (Wildman–Crippen MR) is 110 cm³/mol. The summed E-state index contributed by atoms with van der Waals surface area (Å²) in [7, 11) is 3.93. The molecule has 0 bridgehead atoms. The Morgan fingerprint density at radius 3 is 2.54 bits per heavy atom. The number of piperazine rings is 1. The number of hydrogen-bond donors (Lipinski definition) is 1. The monoisotopic (exact) mass is 367 g/mol. The van der Waals surface area contributed by atoms with Crippen molar-refractivity contribution in [2.24, 2.45) is 0 Å². The van der Waals surface area contributed by atoms with Crippen molar-refractivity contribution >= 4 is 28.4 Å². The van der Waals surface area contributed by atoms with E-state index in [1.807, 2.05) is 17.8 Å². The normalized spacial score (nSPS) is 15.6. The Morgan fingerprint density at radius 1 is 1.00 bits per heavy atom. The van der Waals surface area contributed by atoms with Crippen LogP contribution < -0.4 is 9.64 Å². The Kier molecular flexibility index (Phi) is 4.83. The molecule has 0 unspecified atom stereocenters. The van der Waals surface area contributed by atoms with Gasteiger partial charge >= 0.3 is 0 Å². The predicted octanol–water partition coefficient (Wildman–Crippen LogP) is 4.39. The number of benzene rings is 2. The van der Waals surface area contributed by atoms with Gasteiger partial charge in [-0.05, 0) is 38.2 Å². The van der Waals surface area contributed by atoms with Crippen LogP contribution in [0.2, 0.25) is 0 Å². The Hall–Kier alpha value is -2.11. The van der Waals surface area contributed by atoms with E-state index in [0.29, 0.717) is 0 Å². The summed E-state index contributed by atoms with van der Waals surface area (Å²) in [6.45, 7) is 6.51. The number of likely N-dealkylation sites (N-methyl/N-ethyl adjacent to an activating group) is 1. The van der Waals surface area contributed by atoms with Gasteiger partial charge in [-0.15, -0.1) is 0 Å². The second-order valence-corrected chi connectivity index (χ2v) is 7.91. The second-order valence-electron chi connectivity index (χ2n) is 6.83. The highest BCUT2D eigenvalue weighted by Gasteiger charge is 2.18. The summed E-state index contributed by atoms with van der Waals surface area (Å²) >= 11 is 1.84. The lowest BCUT2D eigenvalue weighted by Gasteiger charge is -2.35. The van der Waals surface area contributed by atoms with Gasteiger partial charge in [-0.2, -0.15) is 0 Å². The van der Waals surface area contributed by atoms with Crippen LogP contribution in [0.15, 0.2) is 52.4 Å². The van der Waals surface area contributed by atoms with E-state index in [2.05, 4.69) is 65.3 Å². The Labute approximate surface area is 159 Å². The molecule has 4 rings (SSSR count). The van der Waals surface area contributed by atoms with E-state index in [4.69, 9.17) is 4.74 Å². The molecular weight excluding hydrogens is 342 g/mol. The third-order valence-electron chi connectivity index (χ3n) is 5.17. The number of aryl methyl sites for hydroxylation is 1. The van der Waals surface area contributed by atoms with Gasteiger partial charge in [-0.1, -0.05) is 23.9 Å². The van der Waals surface area contributed by atoms with Crippen molar-refractivity contribution in [3.05, 3.63) is 48.2 Å². The molecule has 0 saturated carbocycles. The lowest BCUT2D eigenvalue weighted by atomic mass is 10.1. The highest BCUT2D eigenvalue weighted by molar-refractivity contribution is 7.99. The smallest absolute Gasteiger partial charge is 0.122 e. The van der Waals surface area contributed by atoms with Gasteiger partial charge < -0.3 is 19.5 Å². The minimum absolute atomic E-state index is 0.936. The maximum atomic E-state index is 5.52. The Bertz CT molecular complexity index is 913. The van der Waals surface area contributed by atoms with Crippen molar-refractivity contribution in [1.29, 1.82) is 0 Å². The summed E-state index contributed by atoms with van der Waals surface area (Å²) in [6.07, 6.45) is 2.11. The van der Waals surface area contributed by atoms with Crippen LogP contribution in [0.1, 0.15) is 5.56 Å². The van der Waals surface area contributed by atoms with Gasteiger partial charge in [0.05, 0.1) is 12.8 Å². The summed E-state index contributed by atoms with van der Waals surface area (Å²) in [6, 6.07) is 12.9. The molecule has 136 valence electrons. The summed E-state index contributed by atoms with van der Waals surface area (Å²) in [5.74, 6) is 0.936. The van der Waals surface area contributed by atoms with Crippen molar-refractivity contribution in [2.45, 2.75) is 16.7 Å². The fourth-order valence-electron chi connectivity index (χ4n) is 3.62. The molecule has 26 heavy (non-hydrogen) atoms. The average Bonchev–Trinajstić information content (AvgIpc) is 3.07. The third-order valence-corrected chi connectivity index (χ3v) is 6.28. The van der Waals surface area contributed by atoms with Crippen molar-refractivity contribution in [1.82, 2.24) is 9.88 Å². The number of para-hydroxylation sites is 1. The van der Waals surface area contributed by atoms with Crippen molar-refractivity contribution in [2.75, 3.05) is 45.2 Å². The molecule has 0 amide bonds. The topological polar surface area (TPSA) is 31.5 Å². The quantitative estimate of drug-likeness (QED) is 0.741. The molecule has 4 nitrogen and oxygen atoms in total. The minimum Gasteiger partial charge on any atom is -0.496 e. The van der Waals surface area contributed by atoms with Crippen LogP contribution in [0.3, 0.4) is 0 Å². The number of H-pyrrole nitrogens is 1. The SMILES string of the molecule is COc1ccc2[nH]cc(Sc3ccccc3N3CCN(C)CC3)c2c1C. The molecule has 1 aliphatic heterocycles. The van der Waals surface area contributed by atoms with Gasteiger partial charge in [0.15, 0.2) is 0 Å². The zero-order valence-corrected chi connectivity index (χ0v) is 16.4. The number of fused-ring (bicyclic) bond motifs is 1. The molecule has 1 fully saturated rings. The largest absolute Gasteiger partial charge is 0.496 e. The molecule has 0 spiro atoms. The summed E-state index contributed by atoms with van der Waals surface area (Å²) in [5, 5.41) is 1.25. The second kappa shape index (κ2) is 7.25. The number of hydrogen-bond acceptors (Lipinski definition) is 4. The Morgan fingerprint density at radius 2 is 1.77 bits per heavy atom. The first-order valence-corrected chi connectivity index (χ1v) is 9.84. The number of nitrogens with one attached hydrogen (secondary N) is 1. The molecule has 1 saturated heterocycles. The van der Waals surface area contributed by atoms with Crippen LogP contribution >= 0.6 is 11.8 Å². The molecule has 3 aromatic rings. The molecule has 1 N–H and O–H groups in total. The lowest BCUT2D eigenvalue weighted by molar-refractivity contribution is 0.312. The molecule has 1 aromatic heterocycles. The van der Waals surface area contributed by atoms with Crippen LogP contribution in [0.4, 0.5) is 5.69 Å². The summed E-state index contributed by atoms with van der Waals surface area (Å²) in [5.41, 5.74) is 3.68. The van der Waals surface area contributed by atoms with Gasteiger partial charge in [0.1, 0.15) is 5.75 Å². The Balaban J connectivity index is 1.69. The molecular formula is C21H25N3OS. The van der Waals surface area contributed by atoms with Gasteiger partial charge in [0.2, 0.25) is 0 Å². The molecule has 2 aromatic carbocycles. The number of ether oxygens (including phenoxy) is 1. The highest BCUT2D eigenvalue weighted by atomic mass is 32.2. The van der Waals surface area contributed by atoms with Gasteiger partial charge in [-0.3, -0.25) is 0 Å².